The summed E-state index contributed by atoms with van der Waals surface area (Å²) < 4.78 is 47.6. The van der Waals surface area contributed by atoms with Crippen LogP contribution < -0.4 is 19.2 Å². The number of anilines is 4. The normalized spacial score (nSPS) is 20.4. The standard InChI is InChI=1S/2C18H24N2O2S.ClH/c2*1-19-13-7-11-17-14-15-8-5-6-12-18(15)20(23(17,21)22)16-9-3-2-4-10-16;/h2*2-6,8-10,12,17,19,21-22H,7,11,13-14H2,1H3;1H/t2*17-;/m11./s1. The molecule has 2 aliphatic heterocycles. The van der Waals surface area contributed by atoms with E-state index in [2.05, 4.69) is 22.8 Å². The summed E-state index contributed by atoms with van der Waals surface area (Å²) in [7, 11) is -1.97. The fraction of sp³-hybridized carbons (Fsp3) is 0.333. The van der Waals surface area contributed by atoms with Gasteiger partial charge in [-0.3, -0.25) is 18.2 Å². The first-order valence-electron chi connectivity index (χ1n) is 16.0. The first-order chi connectivity index (χ1) is 22.3. The van der Waals surface area contributed by atoms with E-state index in [1.807, 2.05) is 111 Å². The SMILES string of the molecule is CNCCC[C@@H]1Cc2ccccc2N(c2ccccc2)S1(O)O.CNCCC[C@@H]1Cc2ccccc2N(c2ccccc2)S1(O)O.Cl. The van der Waals surface area contributed by atoms with Crippen molar-refractivity contribution < 1.29 is 18.2 Å². The van der Waals surface area contributed by atoms with Crippen LogP contribution in [0.25, 0.3) is 0 Å². The van der Waals surface area contributed by atoms with Crippen LogP contribution in [0.15, 0.2) is 109 Å². The van der Waals surface area contributed by atoms with Crippen LogP contribution in [0.5, 0.6) is 0 Å². The van der Waals surface area contributed by atoms with Gasteiger partial charge in [0.05, 0.1) is 33.2 Å². The largest absolute Gasteiger partial charge is 0.320 e. The number of hydrogen-bond donors (Lipinski definition) is 6. The van der Waals surface area contributed by atoms with E-state index in [1.165, 1.54) is 11.1 Å². The van der Waals surface area contributed by atoms with Crippen molar-refractivity contribution in [2.75, 3.05) is 35.8 Å². The van der Waals surface area contributed by atoms with Gasteiger partial charge in [-0.25, -0.2) is 8.61 Å². The molecule has 8 nitrogen and oxygen atoms in total. The molecule has 0 amide bonds. The van der Waals surface area contributed by atoms with Crippen LogP contribution >= 0.6 is 34.0 Å². The van der Waals surface area contributed by atoms with Gasteiger partial charge >= 0.3 is 0 Å². The molecule has 0 saturated carbocycles. The van der Waals surface area contributed by atoms with Gasteiger partial charge in [0.1, 0.15) is 0 Å². The molecular weight excluding hydrogens is 652 g/mol. The third kappa shape index (κ3) is 8.45. The molecule has 0 radical (unpaired) electrons. The van der Waals surface area contributed by atoms with Crippen LogP contribution in [0.4, 0.5) is 22.7 Å². The van der Waals surface area contributed by atoms with Gasteiger partial charge in [0.15, 0.2) is 0 Å². The first-order valence-corrected chi connectivity index (χ1v) is 19.1. The van der Waals surface area contributed by atoms with Gasteiger partial charge in [0.2, 0.25) is 0 Å². The van der Waals surface area contributed by atoms with Crippen molar-refractivity contribution >= 4 is 56.7 Å². The summed E-state index contributed by atoms with van der Waals surface area (Å²) in [5.41, 5.74) is 5.83. The highest BCUT2D eigenvalue weighted by atomic mass is 35.5. The second-order valence-electron chi connectivity index (χ2n) is 11.8. The topological polar surface area (TPSA) is 111 Å². The molecule has 256 valence electrons. The van der Waals surface area contributed by atoms with Crippen molar-refractivity contribution in [2.24, 2.45) is 0 Å². The number of benzene rings is 4. The molecule has 0 unspecified atom stereocenters. The molecule has 0 aromatic heterocycles. The average Bonchev–Trinajstić information content (AvgIpc) is 3.06. The number of nitrogens with one attached hydrogen (secondary N) is 2. The van der Waals surface area contributed by atoms with Crippen molar-refractivity contribution in [3.8, 4) is 0 Å². The van der Waals surface area contributed by atoms with Crippen molar-refractivity contribution in [3.05, 3.63) is 120 Å². The molecule has 0 bridgehead atoms. The maximum atomic E-state index is 11.0. The van der Waals surface area contributed by atoms with Gasteiger partial charge in [-0.2, -0.15) is 0 Å². The highest BCUT2D eigenvalue weighted by Crippen LogP contribution is 2.61. The van der Waals surface area contributed by atoms with Gasteiger partial charge < -0.3 is 10.6 Å². The van der Waals surface area contributed by atoms with Crippen molar-refractivity contribution in [3.63, 3.8) is 0 Å². The van der Waals surface area contributed by atoms with E-state index >= 15 is 0 Å². The highest BCUT2D eigenvalue weighted by Gasteiger charge is 2.40. The summed E-state index contributed by atoms with van der Waals surface area (Å²) in [5.74, 6) is 0. The van der Waals surface area contributed by atoms with E-state index in [1.54, 1.807) is 8.61 Å². The summed E-state index contributed by atoms with van der Waals surface area (Å²) in [6.45, 7) is 1.78. The number of hydrogen-bond acceptors (Lipinski definition) is 8. The summed E-state index contributed by atoms with van der Waals surface area (Å²) >= 11 is 0. The zero-order valence-electron chi connectivity index (χ0n) is 27.1. The molecule has 0 saturated heterocycles. The Hall–Kier alpha value is -2.77. The molecule has 0 aliphatic carbocycles. The van der Waals surface area contributed by atoms with Crippen LogP contribution in [0, 0.1) is 0 Å². The minimum absolute atomic E-state index is 0. The average molecular weight is 701 g/mol. The maximum absolute atomic E-state index is 11.0. The van der Waals surface area contributed by atoms with Gasteiger partial charge in [-0.15, -0.1) is 34.0 Å². The number of rotatable bonds is 10. The van der Waals surface area contributed by atoms with E-state index in [9.17, 15) is 18.2 Å². The third-order valence-corrected chi connectivity index (χ3v) is 13.1. The van der Waals surface area contributed by atoms with Crippen LogP contribution in [-0.2, 0) is 12.8 Å². The fourth-order valence-corrected chi connectivity index (χ4v) is 10.5. The maximum Gasteiger partial charge on any atom is 0.0733 e. The summed E-state index contributed by atoms with van der Waals surface area (Å²) in [6.07, 6.45) is 4.88. The Morgan fingerprint density at radius 2 is 0.894 bits per heavy atom. The monoisotopic (exact) mass is 700 g/mol. The molecule has 47 heavy (non-hydrogen) atoms. The Bertz CT molecular complexity index is 1420. The van der Waals surface area contributed by atoms with Gasteiger partial charge in [-0.1, -0.05) is 72.8 Å². The van der Waals surface area contributed by atoms with Gasteiger partial charge in [0.25, 0.3) is 0 Å². The lowest BCUT2D eigenvalue weighted by atomic mass is 10.0. The molecule has 6 N–H and O–H groups in total. The smallest absolute Gasteiger partial charge is 0.0733 e. The fourth-order valence-electron chi connectivity index (χ4n) is 6.31. The lowest BCUT2D eigenvalue weighted by Crippen LogP contribution is -2.37. The molecule has 11 heteroatoms. The summed E-state index contributed by atoms with van der Waals surface area (Å²) in [6, 6.07) is 35.4. The molecule has 4 aromatic carbocycles. The Labute approximate surface area is 289 Å². The summed E-state index contributed by atoms with van der Waals surface area (Å²) in [5, 5.41) is 5.96. The lowest BCUT2D eigenvalue weighted by Gasteiger charge is -2.53. The van der Waals surface area contributed by atoms with Crippen LogP contribution in [0.1, 0.15) is 36.8 Å². The molecule has 2 aliphatic rings. The predicted molar refractivity (Wildman–Crippen MR) is 204 cm³/mol. The van der Waals surface area contributed by atoms with E-state index in [4.69, 9.17) is 0 Å². The minimum Gasteiger partial charge on any atom is -0.320 e. The highest BCUT2D eigenvalue weighted by molar-refractivity contribution is 8.26. The minimum atomic E-state index is -2.91. The van der Waals surface area contributed by atoms with Crippen molar-refractivity contribution in [1.29, 1.82) is 0 Å². The van der Waals surface area contributed by atoms with Crippen molar-refractivity contribution in [2.45, 2.75) is 49.0 Å². The Balaban J connectivity index is 0.000000208. The molecule has 0 fully saturated rings. The van der Waals surface area contributed by atoms with Crippen molar-refractivity contribution in [1.82, 2.24) is 10.6 Å². The second kappa shape index (κ2) is 17.1. The molecule has 0 spiro atoms. The zero-order chi connectivity index (χ0) is 32.6. The number of halogens is 1. The Kier molecular flexibility index (Phi) is 13.4. The van der Waals surface area contributed by atoms with Crippen LogP contribution in [0.2, 0.25) is 0 Å². The second-order valence-corrected chi connectivity index (χ2v) is 16.1. The lowest BCUT2D eigenvalue weighted by molar-refractivity contribution is 0.453. The van der Waals surface area contributed by atoms with E-state index < -0.39 is 21.6 Å². The number of nitrogens with zero attached hydrogens (tertiary/aromatic N) is 2. The van der Waals surface area contributed by atoms with Gasteiger partial charge in [0, 0.05) is 0 Å². The quantitative estimate of drug-likeness (QED) is 0.0909. The van der Waals surface area contributed by atoms with Crippen LogP contribution in [0.3, 0.4) is 0 Å². The molecule has 2 atom stereocenters. The molecule has 6 rings (SSSR count). The Morgan fingerprint density at radius 1 is 0.553 bits per heavy atom. The summed E-state index contributed by atoms with van der Waals surface area (Å²) in [4.78, 5) is 0. The van der Waals surface area contributed by atoms with E-state index in [-0.39, 0.29) is 22.9 Å². The molecule has 2 heterocycles. The Morgan fingerprint density at radius 3 is 1.26 bits per heavy atom. The van der Waals surface area contributed by atoms with Crippen LogP contribution in [-0.4, -0.2) is 55.9 Å². The first kappa shape index (κ1) is 37.1. The molecular formula is C36H49ClN4O4S2. The third-order valence-electron chi connectivity index (χ3n) is 8.64. The zero-order valence-corrected chi connectivity index (χ0v) is 29.6. The number of para-hydroxylation sites is 4. The molecule has 4 aromatic rings. The number of fused-ring (bicyclic) bond motifs is 2. The van der Waals surface area contributed by atoms with E-state index in [0.717, 1.165) is 61.5 Å². The van der Waals surface area contributed by atoms with Gasteiger partial charge in [-0.05, 0) is 113 Å². The van der Waals surface area contributed by atoms with E-state index in [0.29, 0.717) is 12.8 Å². The predicted octanol–water partition coefficient (Wildman–Crippen LogP) is 9.25.